The lowest BCUT2D eigenvalue weighted by molar-refractivity contribution is -0.143. The van der Waals surface area contributed by atoms with E-state index >= 15 is 4.39 Å². The van der Waals surface area contributed by atoms with Gasteiger partial charge in [-0.15, -0.1) is 0 Å². The lowest BCUT2D eigenvalue weighted by Crippen LogP contribution is -2.40. The lowest BCUT2D eigenvalue weighted by atomic mass is 9.95. The van der Waals surface area contributed by atoms with Crippen LogP contribution >= 0.6 is 23.2 Å². The number of carbonyl (C=O) groups excluding carboxylic acids is 1. The number of halogens is 3. The number of nitrogens with zero attached hydrogens (tertiary/aromatic N) is 3. The van der Waals surface area contributed by atoms with Crippen LogP contribution in [0.5, 0.6) is 5.75 Å². The monoisotopic (exact) mass is 668 g/mol. The third-order valence-electron chi connectivity index (χ3n) is 8.23. The molecule has 1 aliphatic rings. The van der Waals surface area contributed by atoms with Crippen LogP contribution in [0.3, 0.4) is 0 Å². The van der Waals surface area contributed by atoms with E-state index in [2.05, 4.69) is 5.32 Å². The minimum atomic E-state index is -0.807. The first-order valence-corrected chi connectivity index (χ1v) is 15.1. The summed E-state index contributed by atoms with van der Waals surface area (Å²) < 4.78 is 23.2. The molecule has 1 aromatic heterocycles. The van der Waals surface area contributed by atoms with Crippen molar-refractivity contribution < 1.29 is 23.8 Å². The van der Waals surface area contributed by atoms with Gasteiger partial charge in [0, 0.05) is 49.1 Å². The van der Waals surface area contributed by atoms with Gasteiger partial charge in [-0.25, -0.2) is 9.18 Å². The molecule has 0 aliphatic carbocycles. The fourth-order valence-corrected chi connectivity index (χ4v) is 6.23. The number of methoxy groups -OCH3 is 1. The van der Waals surface area contributed by atoms with Crippen LogP contribution in [0.4, 0.5) is 10.1 Å². The minimum absolute atomic E-state index is 0.155. The molecule has 2 heterocycles. The molecule has 1 aliphatic heterocycles. The highest BCUT2D eigenvalue weighted by Gasteiger charge is 2.26. The predicted molar refractivity (Wildman–Crippen MR) is 174 cm³/mol. The first-order valence-electron chi connectivity index (χ1n) is 14.4. The van der Waals surface area contributed by atoms with E-state index in [4.69, 9.17) is 27.9 Å². The summed E-state index contributed by atoms with van der Waals surface area (Å²) in [4.78, 5) is 51.0. The molecule has 1 fully saturated rings. The second kappa shape index (κ2) is 13.5. The van der Waals surface area contributed by atoms with Crippen LogP contribution in [0.15, 0.2) is 64.3 Å². The summed E-state index contributed by atoms with van der Waals surface area (Å²) in [6, 6.07) is 13.3. The van der Waals surface area contributed by atoms with Gasteiger partial charge in [-0.3, -0.25) is 23.9 Å². The number of aliphatic carboxylic acids is 1. The summed E-state index contributed by atoms with van der Waals surface area (Å²) in [6.07, 6.45) is 2.16. The summed E-state index contributed by atoms with van der Waals surface area (Å²) in [6.45, 7) is 1.35. The Hall–Kier alpha value is -4.45. The second-order valence-corrected chi connectivity index (χ2v) is 11.9. The van der Waals surface area contributed by atoms with Crippen LogP contribution in [0.2, 0.25) is 10.0 Å². The molecule has 3 aromatic carbocycles. The molecule has 46 heavy (non-hydrogen) atoms. The maximum absolute atomic E-state index is 15.6. The number of amides is 1. The van der Waals surface area contributed by atoms with Gasteiger partial charge in [0.1, 0.15) is 17.1 Å². The van der Waals surface area contributed by atoms with E-state index in [1.807, 2.05) is 4.90 Å². The summed E-state index contributed by atoms with van der Waals surface area (Å²) in [5, 5.41) is 12.4. The Morgan fingerprint density at radius 3 is 2.28 bits per heavy atom. The third kappa shape index (κ3) is 6.44. The average molecular weight is 670 g/mol. The molecular weight excluding hydrogens is 638 g/mol. The van der Waals surface area contributed by atoms with E-state index < -0.39 is 28.9 Å². The van der Waals surface area contributed by atoms with Crippen LogP contribution in [-0.2, 0) is 25.4 Å². The smallest absolute Gasteiger partial charge is 0.330 e. The molecule has 240 valence electrons. The molecule has 1 amide bonds. The van der Waals surface area contributed by atoms with Gasteiger partial charge >= 0.3 is 11.7 Å². The number of nitrogens with one attached hydrogen (secondary N) is 1. The molecule has 4 aromatic rings. The average Bonchev–Trinajstić information content (AvgIpc) is 3.04. The van der Waals surface area contributed by atoms with Crippen molar-refractivity contribution in [2.24, 2.45) is 20.0 Å². The number of carboxylic acid groups (broad SMARTS) is 1. The summed E-state index contributed by atoms with van der Waals surface area (Å²) in [7, 11) is 4.18. The number of hydrogen-bond acceptors (Lipinski definition) is 6. The Morgan fingerprint density at radius 1 is 1.00 bits per heavy atom. The normalized spacial score (nSPS) is 13.9. The molecule has 0 bridgehead atoms. The highest BCUT2D eigenvalue weighted by molar-refractivity contribution is 6.39. The maximum atomic E-state index is 15.6. The first-order chi connectivity index (χ1) is 21.9. The number of anilines is 1. The Balaban J connectivity index is 1.44. The molecule has 2 N–H and O–H groups in total. The van der Waals surface area contributed by atoms with Gasteiger partial charge in [0.2, 0.25) is 0 Å². The largest absolute Gasteiger partial charge is 0.496 e. The molecular formula is C33H31Cl2FN4O6. The molecule has 0 saturated carbocycles. The number of aromatic nitrogens is 2. The zero-order chi connectivity index (χ0) is 33.3. The van der Waals surface area contributed by atoms with E-state index in [1.165, 1.54) is 27.3 Å². The van der Waals surface area contributed by atoms with Crippen molar-refractivity contribution in [1.82, 2.24) is 14.0 Å². The number of hydrogen-bond donors (Lipinski definition) is 2. The zero-order valence-electron chi connectivity index (χ0n) is 25.3. The van der Waals surface area contributed by atoms with E-state index in [-0.39, 0.29) is 33.8 Å². The number of benzene rings is 3. The Morgan fingerprint density at radius 2 is 1.63 bits per heavy atom. The standard InChI is InChI=1S/C33H31Cl2FN4O6/c1-38-16-24(31(42)39(2)33(38)45)30(41)37-26-9-5-8-22(29(26)35)21-7-4-6-20(28(21)34)19-14-25(36)23(27(15-19)46-3)17-40-12-10-18(11-13-40)32(43)44/h4-9,14-16,18H,10-13,17H2,1-3H3,(H,37,41)(H,43,44). The van der Waals surface area contributed by atoms with Gasteiger partial charge in [-0.2, -0.15) is 0 Å². The summed E-state index contributed by atoms with van der Waals surface area (Å²) >= 11 is 13.7. The number of likely N-dealkylation sites (tertiary alicyclic amines) is 1. The van der Waals surface area contributed by atoms with Crippen molar-refractivity contribution in [2.45, 2.75) is 19.4 Å². The van der Waals surface area contributed by atoms with Gasteiger partial charge in [0.05, 0.1) is 28.8 Å². The molecule has 10 nitrogen and oxygen atoms in total. The fourth-order valence-electron chi connectivity index (χ4n) is 5.62. The second-order valence-electron chi connectivity index (χ2n) is 11.1. The number of carboxylic acids is 1. The SMILES string of the molecule is COc1cc(-c2cccc(-c3cccc(NC(=O)c4cn(C)c(=O)n(C)c4=O)c3Cl)c2Cl)cc(F)c1CN1CCC(C(=O)O)CC1. The Labute approximate surface area is 273 Å². The van der Waals surface area contributed by atoms with Gasteiger partial charge < -0.3 is 19.7 Å². The van der Waals surface area contributed by atoms with E-state index in [0.29, 0.717) is 59.5 Å². The Bertz CT molecular complexity index is 1970. The quantitative estimate of drug-likeness (QED) is 0.257. The van der Waals surface area contributed by atoms with Crippen molar-refractivity contribution >= 4 is 40.8 Å². The minimum Gasteiger partial charge on any atom is -0.496 e. The van der Waals surface area contributed by atoms with Crippen molar-refractivity contribution in [2.75, 3.05) is 25.5 Å². The number of piperidine rings is 1. The summed E-state index contributed by atoms with van der Waals surface area (Å²) in [5.41, 5.74) is 1.01. The van der Waals surface area contributed by atoms with Crippen molar-refractivity contribution in [3.63, 3.8) is 0 Å². The van der Waals surface area contributed by atoms with Crippen LogP contribution < -0.4 is 21.3 Å². The van der Waals surface area contributed by atoms with Gasteiger partial charge in [-0.1, -0.05) is 53.5 Å². The zero-order valence-corrected chi connectivity index (χ0v) is 26.8. The topological polar surface area (TPSA) is 123 Å². The first kappa shape index (κ1) is 32.9. The van der Waals surface area contributed by atoms with Crippen LogP contribution in [0, 0.1) is 11.7 Å². The lowest BCUT2D eigenvalue weighted by Gasteiger charge is -2.30. The number of ether oxygens (including phenoxy) is 1. The molecule has 0 atom stereocenters. The van der Waals surface area contributed by atoms with Gasteiger partial charge in [0.25, 0.3) is 11.5 Å². The van der Waals surface area contributed by atoms with E-state index in [0.717, 1.165) is 15.3 Å². The fraction of sp³-hybridized carbons (Fsp3) is 0.273. The number of carbonyl (C=O) groups is 2. The van der Waals surface area contributed by atoms with Crippen LogP contribution in [-0.4, -0.2) is 51.2 Å². The highest BCUT2D eigenvalue weighted by atomic mass is 35.5. The van der Waals surface area contributed by atoms with E-state index in [1.54, 1.807) is 42.5 Å². The van der Waals surface area contributed by atoms with Crippen LogP contribution in [0.1, 0.15) is 28.8 Å². The van der Waals surface area contributed by atoms with Crippen molar-refractivity contribution in [3.05, 3.63) is 103 Å². The van der Waals surface area contributed by atoms with Crippen molar-refractivity contribution in [3.8, 4) is 28.0 Å². The summed E-state index contributed by atoms with van der Waals surface area (Å²) in [5.74, 6) is -2.09. The Kier molecular flexibility index (Phi) is 9.66. The van der Waals surface area contributed by atoms with Crippen molar-refractivity contribution in [1.29, 1.82) is 0 Å². The molecule has 5 rings (SSSR count). The molecule has 13 heteroatoms. The van der Waals surface area contributed by atoms with Gasteiger partial charge in [-0.05, 0) is 49.7 Å². The molecule has 0 spiro atoms. The van der Waals surface area contributed by atoms with Crippen LogP contribution in [0.25, 0.3) is 22.3 Å². The molecule has 1 saturated heterocycles. The molecule has 0 unspecified atom stereocenters. The van der Waals surface area contributed by atoms with Gasteiger partial charge in [0.15, 0.2) is 0 Å². The maximum Gasteiger partial charge on any atom is 0.330 e. The number of aryl methyl sites for hydroxylation is 1. The third-order valence-corrected chi connectivity index (χ3v) is 9.05. The number of rotatable bonds is 8. The predicted octanol–water partition coefficient (Wildman–Crippen LogP) is 5.42. The van der Waals surface area contributed by atoms with E-state index in [9.17, 15) is 24.3 Å². The molecule has 0 radical (unpaired) electrons. The highest BCUT2D eigenvalue weighted by Crippen LogP contribution is 2.42.